The summed E-state index contributed by atoms with van der Waals surface area (Å²) in [6.45, 7) is 3.19. The third-order valence-corrected chi connectivity index (χ3v) is 5.45. The van der Waals surface area contributed by atoms with Crippen molar-refractivity contribution in [3.8, 4) is 0 Å². The normalized spacial score (nSPS) is 21.1. The van der Waals surface area contributed by atoms with E-state index in [1.54, 1.807) is 4.90 Å². The highest BCUT2D eigenvalue weighted by Gasteiger charge is 2.37. The van der Waals surface area contributed by atoms with Gasteiger partial charge in [0.1, 0.15) is 17.2 Å². The Labute approximate surface area is 137 Å². The van der Waals surface area contributed by atoms with Gasteiger partial charge in [-0.1, -0.05) is 15.9 Å². The Hall–Kier alpha value is -1.01. The Balaban J connectivity index is 1.72. The van der Waals surface area contributed by atoms with E-state index in [4.69, 9.17) is 0 Å². The molecular weight excluding hydrogens is 354 g/mol. The third-order valence-electron chi connectivity index (χ3n) is 5.00. The maximum absolute atomic E-state index is 13.9. The van der Waals surface area contributed by atoms with Crippen LogP contribution in [0.3, 0.4) is 0 Å². The van der Waals surface area contributed by atoms with Crippen LogP contribution in [0.2, 0.25) is 0 Å². The van der Waals surface area contributed by atoms with Crippen molar-refractivity contribution in [1.82, 2.24) is 10.2 Å². The maximum Gasteiger partial charge on any atom is 0.259 e. The second kappa shape index (κ2) is 6.24. The third kappa shape index (κ3) is 3.04. The van der Waals surface area contributed by atoms with Gasteiger partial charge in [-0.05, 0) is 56.3 Å². The van der Waals surface area contributed by atoms with Gasteiger partial charge in [0, 0.05) is 17.6 Å². The first-order valence-electron chi connectivity index (χ1n) is 7.65. The first kappa shape index (κ1) is 15.9. The minimum atomic E-state index is -0.806. The Morgan fingerprint density at radius 1 is 1.09 bits per heavy atom. The van der Waals surface area contributed by atoms with Crippen molar-refractivity contribution in [2.45, 2.75) is 25.7 Å². The molecule has 2 saturated heterocycles. The van der Waals surface area contributed by atoms with Gasteiger partial charge in [0.25, 0.3) is 5.91 Å². The number of nitrogens with one attached hydrogen (secondary N) is 1. The van der Waals surface area contributed by atoms with Gasteiger partial charge in [0.05, 0.1) is 0 Å². The summed E-state index contributed by atoms with van der Waals surface area (Å²) in [6.07, 6.45) is 4.08. The Morgan fingerprint density at radius 2 is 1.64 bits per heavy atom. The minimum Gasteiger partial charge on any atom is -0.338 e. The summed E-state index contributed by atoms with van der Waals surface area (Å²) in [5.74, 6) is -2.15. The lowest BCUT2D eigenvalue weighted by Crippen LogP contribution is -2.47. The van der Waals surface area contributed by atoms with Gasteiger partial charge < -0.3 is 10.2 Å². The molecule has 3 nitrogen and oxygen atoms in total. The Kier molecular flexibility index (Phi) is 4.50. The van der Waals surface area contributed by atoms with E-state index in [1.165, 1.54) is 0 Å². The molecule has 2 heterocycles. The lowest BCUT2D eigenvalue weighted by atomic mass is 9.71. The second-order valence-corrected chi connectivity index (χ2v) is 7.20. The van der Waals surface area contributed by atoms with Crippen molar-refractivity contribution in [2.24, 2.45) is 5.41 Å². The number of carbonyl (C=O) groups is 1. The quantitative estimate of drug-likeness (QED) is 0.819. The molecule has 0 atom stereocenters. The van der Waals surface area contributed by atoms with Crippen molar-refractivity contribution < 1.29 is 13.6 Å². The fourth-order valence-corrected chi connectivity index (χ4v) is 3.95. The highest BCUT2D eigenvalue weighted by Crippen LogP contribution is 2.39. The predicted octanol–water partition coefficient (Wildman–Crippen LogP) is 3.33. The number of piperidine rings is 2. The molecule has 1 spiro atoms. The summed E-state index contributed by atoms with van der Waals surface area (Å²) in [5, 5.41) is 3.35. The number of hydrogen-bond donors (Lipinski definition) is 1. The fourth-order valence-electron chi connectivity index (χ4n) is 3.55. The average Bonchev–Trinajstić information content (AvgIpc) is 2.47. The molecule has 0 aromatic heterocycles. The fraction of sp³-hybridized carbons (Fsp3) is 0.562. The van der Waals surface area contributed by atoms with Gasteiger partial charge in [-0.15, -0.1) is 0 Å². The van der Waals surface area contributed by atoms with Crippen molar-refractivity contribution >= 4 is 21.8 Å². The minimum absolute atomic E-state index is 0.298. The van der Waals surface area contributed by atoms with Crippen molar-refractivity contribution in [1.29, 1.82) is 0 Å². The molecule has 1 N–H and O–H groups in total. The van der Waals surface area contributed by atoms with E-state index in [2.05, 4.69) is 21.2 Å². The molecule has 0 saturated carbocycles. The number of nitrogens with zero attached hydrogens (tertiary/aromatic N) is 1. The molecule has 0 bridgehead atoms. The molecule has 0 aliphatic carbocycles. The first-order chi connectivity index (χ1) is 10.5. The number of carbonyl (C=O) groups excluding carboxylic acids is 1. The molecule has 1 amide bonds. The number of hydrogen-bond acceptors (Lipinski definition) is 2. The highest BCUT2D eigenvalue weighted by atomic mass is 79.9. The summed E-state index contributed by atoms with van der Waals surface area (Å²) in [5.41, 5.74) is -0.136. The van der Waals surface area contributed by atoms with Crippen LogP contribution in [-0.2, 0) is 0 Å². The summed E-state index contributed by atoms with van der Waals surface area (Å²) in [4.78, 5) is 14.0. The highest BCUT2D eigenvalue weighted by molar-refractivity contribution is 9.10. The van der Waals surface area contributed by atoms with Crippen LogP contribution < -0.4 is 5.32 Å². The van der Waals surface area contributed by atoms with Gasteiger partial charge in [-0.2, -0.15) is 0 Å². The zero-order valence-corrected chi connectivity index (χ0v) is 13.9. The maximum atomic E-state index is 13.9. The monoisotopic (exact) mass is 372 g/mol. The molecule has 6 heteroatoms. The molecule has 120 valence electrons. The zero-order valence-electron chi connectivity index (χ0n) is 12.3. The lowest BCUT2D eigenvalue weighted by Gasteiger charge is -2.44. The van der Waals surface area contributed by atoms with E-state index in [-0.39, 0.29) is 0 Å². The summed E-state index contributed by atoms with van der Waals surface area (Å²) >= 11 is 3.03. The van der Waals surface area contributed by atoms with E-state index in [9.17, 15) is 13.6 Å². The first-order valence-corrected chi connectivity index (χ1v) is 8.45. The van der Waals surface area contributed by atoms with E-state index in [1.807, 2.05) is 0 Å². The summed E-state index contributed by atoms with van der Waals surface area (Å²) in [6, 6.07) is 2.27. The molecule has 2 fully saturated rings. The number of benzene rings is 1. The van der Waals surface area contributed by atoms with Gasteiger partial charge in [-0.3, -0.25) is 4.79 Å². The van der Waals surface area contributed by atoms with Crippen LogP contribution in [0.5, 0.6) is 0 Å². The van der Waals surface area contributed by atoms with Crippen molar-refractivity contribution in [3.05, 3.63) is 33.8 Å². The van der Waals surface area contributed by atoms with Gasteiger partial charge in [0.15, 0.2) is 0 Å². The van der Waals surface area contributed by atoms with E-state index in [0.717, 1.165) is 50.9 Å². The Morgan fingerprint density at radius 3 is 2.18 bits per heavy atom. The molecule has 1 aromatic rings. The molecule has 2 aliphatic rings. The predicted molar refractivity (Wildman–Crippen MR) is 83.7 cm³/mol. The summed E-state index contributed by atoms with van der Waals surface area (Å²) in [7, 11) is 0. The largest absolute Gasteiger partial charge is 0.338 e. The number of likely N-dealkylation sites (tertiary alicyclic amines) is 1. The molecule has 22 heavy (non-hydrogen) atoms. The molecule has 0 radical (unpaired) electrons. The van der Waals surface area contributed by atoms with E-state index in [0.29, 0.717) is 23.0 Å². The molecule has 3 rings (SSSR count). The van der Waals surface area contributed by atoms with Gasteiger partial charge in [-0.25, -0.2) is 8.78 Å². The molecular formula is C16H19BrF2N2O. The summed E-state index contributed by atoms with van der Waals surface area (Å²) < 4.78 is 28.2. The molecule has 2 aliphatic heterocycles. The number of rotatable bonds is 1. The van der Waals surface area contributed by atoms with Crippen LogP contribution >= 0.6 is 15.9 Å². The Bertz CT molecular complexity index is 555. The molecule has 1 aromatic carbocycles. The van der Waals surface area contributed by atoms with Crippen LogP contribution in [0.4, 0.5) is 8.78 Å². The van der Waals surface area contributed by atoms with Crippen LogP contribution in [0.15, 0.2) is 16.6 Å². The lowest BCUT2D eigenvalue weighted by molar-refractivity contribution is 0.0488. The SMILES string of the molecule is O=C(c1c(F)cc(Br)cc1F)N1CCC2(CCNCC2)CC1. The van der Waals surface area contributed by atoms with Gasteiger partial charge in [0.2, 0.25) is 0 Å². The number of halogens is 3. The van der Waals surface area contributed by atoms with Crippen LogP contribution in [-0.4, -0.2) is 37.0 Å². The van der Waals surface area contributed by atoms with Crippen LogP contribution in [0, 0.1) is 17.0 Å². The van der Waals surface area contributed by atoms with Crippen molar-refractivity contribution in [3.63, 3.8) is 0 Å². The zero-order chi connectivity index (χ0) is 15.7. The average molecular weight is 373 g/mol. The molecule has 0 unspecified atom stereocenters. The van der Waals surface area contributed by atoms with Crippen LogP contribution in [0.25, 0.3) is 0 Å². The smallest absolute Gasteiger partial charge is 0.259 e. The van der Waals surface area contributed by atoms with E-state index < -0.39 is 23.1 Å². The van der Waals surface area contributed by atoms with Gasteiger partial charge >= 0.3 is 0 Å². The standard InChI is InChI=1S/C16H19BrF2N2O/c17-11-9-12(18)14(13(19)10-11)15(22)21-7-3-16(4-8-21)1-5-20-6-2-16/h9-10,20H,1-8H2. The number of amides is 1. The second-order valence-electron chi connectivity index (χ2n) is 6.29. The van der Waals surface area contributed by atoms with E-state index >= 15 is 0 Å². The van der Waals surface area contributed by atoms with Crippen molar-refractivity contribution in [2.75, 3.05) is 26.2 Å². The van der Waals surface area contributed by atoms with Crippen LogP contribution in [0.1, 0.15) is 36.0 Å². The topological polar surface area (TPSA) is 32.3 Å².